The minimum absolute atomic E-state index is 0.299. The topological polar surface area (TPSA) is 30.5 Å². The average Bonchev–Trinajstić information content (AvgIpc) is 2.87. The van der Waals surface area contributed by atoms with Crippen LogP contribution in [0.3, 0.4) is 0 Å². The molecule has 1 N–H and O–H groups in total. The van der Waals surface area contributed by atoms with E-state index in [1.54, 1.807) is 0 Å². The molecule has 0 unspecified atom stereocenters. The van der Waals surface area contributed by atoms with E-state index in [0.29, 0.717) is 19.3 Å². The van der Waals surface area contributed by atoms with Crippen molar-refractivity contribution in [2.45, 2.75) is 38.0 Å². The minimum atomic E-state index is -0.578. The van der Waals surface area contributed by atoms with Crippen molar-refractivity contribution in [2.24, 2.45) is 0 Å². The van der Waals surface area contributed by atoms with E-state index in [4.69, 9.17) is 9.47 Å². The third-order valence-electron chi connectivity index (χ3n) is 4.15. The molecule has 1 aliphatic heterocycles. The lowest BCUT2D eigenvalue weighted by Gasteiger charge is -2.38. The van der Waals surface area contributed by atoms with Gasteiger partial charge in [0.1, 0.15) is 0 Å². The van der Waals surface area contributed by atoms with Gasteiger partial charge in [-0.2, -0.15) is 0 Å². The van der Waals surface area contributed by atoms with Gasteiger partial charge in [-0.3, -0.25) is 0 Å². The Bertz CT molecular complexity index is 436. The molecule has 0 aromatic heterocycles. The van der Waals surface area contributed by atoms with Crippen LogP contribution in [0.1, 0.15) is 30.0 Å². The molecule has 1 fully saturated rings. The number of benzene rings is 1. The molecule has 1 aliphatic carbocycles. The summed E-state index contributed by atoms with van der Waals surface area (Å²) in [4.78, 5) is 0. The monoisotopic (exact) mass is 247 g/mol. The summed E-state index contributed by atoms with van der Waals surface area (Å²) in [5.41, 5.74) is 4.11. The molecule has 1 aromatic carbocycles. The zero-order valence-electron chi connectivity index (χ0n) is 11.2. The quantitative estimate of drug-likeness (QED) is 0.867. The number of ether oxygens (including phenoxy) is 2. The molecule has 0 amide bonds. The van der Waals surface area contributed by atoms with Gasteiger partial charge in [-0.15, -0.1) is 0 Å². The van der Waals surface area contributed by atoms with Crippen molar-refractivity contribution in [3.63, 3.8) is 0 Å². The smallest absolute Gasteiger partial charge is 0.192 e. The Morgan fingerprint density at radius 3 is 2.61 bits per heavy atom. The normalized spacial score (nSPS) is 31.3. The van der Waals surface area contributed by atoms with Crippen molar-refractivity contribution in [1.82, 2.24) is 5.32 Å². The van der Waals surface area contributed by atoms with E-state index in [0.717, 1.165) is 5.56 Å². The lowest BCUT2D eigenvalue weighted by Crippen LogP contribution is -2.47. The van der Waals surface area contributed by atoms with Crippen molar-refractivity contribution < 1.29 is 9.47 Å². The first-order valence-electron chi connectivity index (χ1n) is 6.79. The summed E-state index contributed by atoms with van der Waals surface area (Å²) < 4.78 is 11.9. The van der Waals surface area contributed by atoms with Gasteiger partial charge in [0.2, 0.25) is 0 Å². The van der Waals surface area contributed by atoms with E-state index in [9.17, 15) is 0 Å². The molecule has 0 radical (unpaired) electrons. The van der Waals surface area contributed by atoms with Crippen LogP contribution in [0.2, 0.25) is 0 Å². The third-order valence-corrected chi connectivity index (χ3v) is 4.15. The molecule has 0 spiro atoms. The van der Waals surface area contributed by atoms with Gasteiger partial charge in [-0.05, 0) is 44.4 Å². The first kappa shape index (κ1) is 12.2. The zero-order chi connectivity index (χ0) is 12.6. The molecule has 0 atom stereocenters. The Kier molecular flexibility index (Phi) is 3.14. The molecule has 1 aromatic rings. The molecule has 3 rings (SSSR count). The molecule has 0 bridgehead atoms. The van der Waals surface area contributed by atoms with E-state index in [-0.39, 0.29) is 0 Å². The van der Waals surface area contributed by atoms with Crippen LogP contribution in [0.15, 0.2) is 18.2 Å². The number of hydrogen-bond acceptors (Lipinski definition) is 3. The second-order valence-corrected chi connectivity index (χ2v) is 5.39. The largest absolute Gasteiger partial charge is 0.344 e. The number of rotatable bonds is 2. The van der Waals surface area contributed by atoms with Crippen LogP contribution in [0.25, 0.3) is 0 Å². The van der Waals surface area contributed by atoms with E-state index in [1.165, 1.54) is 30.4 Å². The lowest BCUT2D eigenvalue weighted by atomic mass is 10.0. The predicted molar refractivity (Wildman–Crippen MR) is 70.6 cm³/mol. The molecule has 0 saturated carbocycles. The van der Waals surface area contributed by atoms with Gasteiger partial charge in [0.05, 0.1) is 19.3 Å². The van der Waals surface area contributed by atoms with E-state index < -0.39 is 5.79 Å². The van der Waals surface area contributed by atoms with Crippen molar-refractivity contribution >= 4 is 0 Å². The maximum atomic E-state index is 5.93. The van der Waals surface area contributed by atoms with Crippen molar-refractivity contribution in [3.05, 3.63) is 34.9 Å². The van der Waals surface area contributed by atoms with Crippen LogP contribution in [-0.2, 0) is 28.1 Å². The van der Waals surface area contributed by atoms with E-state index >= 15 is 0 Å². The van der Waals surface area contributed by atoms with E-state index in [2.05, 4.69) is 23.5 Å². The van der Waals surface area contributed by atoms with Crippen molar-refractivity contribution in [3.8, 4) is 0 Å². The summed E-state index contributed by atoms with van der Waals surface area (Å²) in [5.74, 6) is -0.578. The average molecular weight is 247 g/mol. The maximum Gasteiger partial charge on any atom is 0.192 e. The van der Waals surface area contributed by atoms with Crippen LogP contribution >= 0.6 is 0 Å². The van der Waals surface area contributed by atoms with Crippen LogP contribution in [0.5, 0.6) is 0 Å². The Labute approximate surface area is 108 Å². The van der Waals surface area contributed by atoms with Crippen LogP contribution in [0, 0.1) is 0 Å². The van der Waals surface area contributed by atoms with Crippen molar-refractivity contribution in [2.75, 3.05) is 20.3 Å². The SMILES string of the molecule is CNC1COC(C)(c2ccc3c(c2)CCC3)OC1. The van der Waals surface area contributed by atoms with Crippen LogP contribution in [0.4, 0.5) is 0 Å². The van der Waals surface area contributed by atoms with E-state index in [1.807, 2.05) is 14.0 Å². The Morgan fingerprint density at radius 2 is 1.89 bits per heavy atom. The molecule has 3 nitrogen and oxygen atoms in total. The highest BCUT2D eigenvalue weighted by atomic mass is 16.7. The van der Waals surface area contributed by atoms with Gasteiger partial charge < -0.3 is 14.8 Å². The van der Waals surface area contributed by atoms with Gasteiger partial charge in [-0.1, -0.05) is 18.2 Å². The molecule has 98 valence electrons. The minimum Gasteiger partial charge on any atom is -0.344 e. The molecule has 1 heterocycles. The highest BCUT2D eigenvalue weighted by molar-refractivity contribution is 5.37. The van der Waals surface area contributed by atoms with Gasteiger partial charge in [-0.25, -0.2) is 0 Å². The second kappa shape index (κ2) is 4.65. The Balaban J connectivity index is 1.82. The number of likely N-dealkylation sites (N-methyl/N-ethyl adjacent to an activating group) is 1. The first-order chi connectivity index (χ1) is 8.71. The fraction of sp³-hybridized carbons (Fsp3) is 0.600. The summed E-state index contributed by atoms with van der Waals surface area (Å²) in [6.45, 7) is 3.42. The molecule has 18 heavy (non-hydrogen) atoms. The summed E-state index contributed by atoms with van der Waals surface area (Å²) in [6, 6.07) is 6.96. The fourth-order valence-electron chi connectivity index (χ4n) is 2.80. The highest BCUT2D eigenvalue weighted by Crippen LogP contribution is 2.33. The summed E-state index contributed by atoms with van der Waals surface area (Å²) in [6.07, 6.45) is 3.69. The Morgan fingerprint density at radius 1 is 1.17 bits per heavy atom. The van der Waals surface area contributed by atoms with Gasteiger partial charge in [0.15, 0.2) is 5.79 Å². The fourth-order valence-corrected chi connectivity index (χ4v) is 2.80. The third kappa shape index (κ3) is 2.07. The molecule has 2 aliphatic rings. The molecule has 3 heteroatoms. The second-order valence-electron chi connectivity index (χ2n) is 5.39. The lowest BCUT2D eigenvalue weighted by molar-refractivity contribution is -0.272. The highest BCUT2D eigenvalue weighted by Gasteiger charge is 2.35. The first-order valence-corrected chi connectivity index (χ1v) is 6.79. The van der Waals surface area contributed by atoms with Gasteiger partial charge >= 0.3 is 0 Å². The van der Waals surface area contributed by atoms with Crippen LogP contribution in [-0.4, -0.2) is 26.3 Å². The number of aryl methyl sites for hydroxylation is 2. The van der Waals surface area contributed by atoms with Gasteiger partial charge in [0, 0.05) is 5.56 Å². The standard InChI is InChI=1S/C15H21NO2/c1-15(17-9-14(16-2)10-18-15)13-7-6-11-4-3-5-12(11)8-13/h6-8,14,16H,3-5,9-10H2,1-2H3. The maximum absolute atomic E-state index is 5.93. The molecular weight excluding hydrogens is 226 g/mol. The number of nitrogens with one attached hydrogen (secondary N) is 1. The summed E-state index contributed by atoms with van der Waals surface area (Å²) >= 11 is 0. The number of fused-ring (bicyclic) bond motifs is 1. The van der Waals surface area contributed by atoms with Crippen molar-refractivity contribution in [1.29, 1.82) is 0 Å². The summed E-state index contributed by atoms with van der Waals surface area (Å²) in [7, 11) is 1.94. The predicted octanol–water partition coefficient (Wildman–Crippen LogP) is 1.98. The molecule has 1 saturated heterocycles. The Hall–Kier alpha value is -0.900. The van der Waals surface area contributed by atoms with Crippen LogP contribution < -0.4 is 5.32 Å². The zero-order valence-corrected chi connectivity index (χ0v) is 11.2. The molecular formula is C15H21NO2. The summed E-state index contributed by atoms with van der Waals surface area (Å²) in [5, 5.41) is 3.18. The number of hydrogen-bond donors (Lipinski definition) is 1. The van der Waals surface area contributed by atoms with Gasteiger partial charge in [0.25, 0.3) is 0 Å².